The molecule has 6 heteroatoms. The number of anilines is 1. The van der Waals surface area contributed by atoms with E-state index in [-0.39, 0.29) is 11.7 Å². The molecule has 1 fully saturated rings. The Morgan fingerprint density at radius 3 is 2.45 bits per heavy atom. The number of nitrogens with two attached hydrogens (primary N) is 1. The summed E-state index contributed by atoms with van der Waals surface area (Å²) in [7, 11) is 0. The van der Waals surface area contributed by atoms with Crippen LogP contribution in [-0.4, -0.2) is 16.6 Å². The van der Waals surface area contributed by atoms with Gasteiger partial charge in [-0.05, 0) is 30.5 Å². The fourth-order valence-corrected chi connectivity index (χ4v) is 2.96. The lowest BCUT2D eigenvalue weighted by Gasteiger charge is -2.15. The minimum atomic E-state index is -2.82. The number of ether oxygens (including phenoxy) is 1. The zero-order valence-electron chi connectivity index (χ0n) is 12.0. The topological polar surface area (TPSA) is 61.0 Å². The highest BCUT2D eigenvalue weighted by molar-refractivity contribution is 5.67. The van der Waals surface area contributed by atoms with Gasteiger partial charge in [-0.15, -0.1) is 0 Å². The van der Waals surface area contributed by atoms with Crippen LogP contribution >= 0.6 is 0 Å². The Bertz CT molecular complexity index is 640. The molecule has 0 spiro atoms. The second-order valence-electron chi connectivity index (χ2n) is 5.41. The van der Waals surface area contributed by atoms with E-state index in [9.17, 15) is 8.78 Å². The lowest BCUT2D eigenvalue weighted by Crippen LogP contribution is -2.05. The first-order valence-electron chi connectivity index (χ1n) is 7.31. The van der Waals surface area contributed by atoms with Crippen molar-refractivity contribution in [3.63, 3.8) is 0 Å². The van der Waals surface area contributed by atoms with Crippen LogP contribution in [0.25, 0.3) is 11.1 Å². The summed E-state index contributed by atoms with van der Waals surface area (Å²) in [5.74, 6) is 0.790. The first kappa shape index (κ1) is 14.7. The number of halogens is 2. The van der Waals surface area contributed by atoms with E-state index >= 15 is 0 Å². The normalized spacial score (nSPS) is 15.4. The molecular weight excluding hydrogens is 288 g/mol. The van der Waals surface area contributed by atoms with E-state index in [0.717, 1.165) is 29.7 Å². The van der Waals surface area contributed by atoms with Crippen LogP contribution in [0.3, 0.4) is 0 Å². The molecule has 0 bridgehead atoms. The summed E-state index contributed by atoms with van der Waals surface area (Å²) in [5.41, 5.74) is 8.46. The quantitative estimate of drug-likeness (QED) is 0.928. The Labute approximate surface area is 127 Å². The van der Waals surface area contributed by atoms with E-state index in [2.05, 4.69) is 14.7 Å². The molecule has 2 N–H and O–H groups in total. The van der Waals surface area contributed by atoms with Gasteiger partial charge in [-0.25, -0.2) is 9.97 Å². The predicted molar refractivity (Wildman–Crippen MR) is 79.7 cm³/mol. The van der Waals surface area contributed by atoms with Gasteiger partial charge in [0.05, 0.1) is 5.69 Å². The summed E-state index contributed by atoms with van der Waals surface area (Å²) in [4.78, 5) is 8.49. The molecule has 0 amide bonds. The van der Waals surface area contributed by atoms with Crippen molar-refractivity contribution in [2.24, 2.45) is 0 Å². The summed E-state index contributed by atoms with van der Waals surface area (Å²) in [6.07, 6.45) is 6.27. The number of nitrogens with zero attached hydrogens (tertiary/aromatic N) is 2. The molecule has 4 nitrogen and oxygen atoms in total. The van der Waals surface area contributed by atoms with Gasteiger partial charge in [-0.3, -0.25) is 0 Å². The van der Waals surface area contributed by atoms with Crippen LogP contribution in [0.5, 0.6) is 5.75 Å². The lowest BCUT2D eigenvalue weighted by molar-refractivity contribution is -0.0498. The molecule has 0 radical (unpaired) electrons. The van der Waals surface area contributed by atoms with Gasteiger partial charge >= 0.3 is 6.61 Å². The number of hydrogen-bond acceptors (Lipinski definition) is 4. The molecule has 3 rings (SSSR count). The number of nitrogen functional groups attached to an aromatic ring is 1. The van der Waals surface area contributed by atoms with E-state index in [1.807, 2.05) is 0 Å². The number of aromatic nitrogens is 2. The molecule has 1 aliphatic carbocycles. The summed E-state index contributed by atoms with van der Waals surface area (Å²) < 4.78 is 28.8. The van der Waals surface area contributed by atoms with Gasteiger partial charge in [0.1, 0.15) is 5.75 Å². The SMILES string of the molecule is Nc1ncc(-c2ccc(OC(F)F)cc2)c(C2CCCC2)n1. The van der Waals surface area contributed by atoms with Crippen LogP contribution in [0, 0.1) is 0 Å². The van der Waals surface area contributed by atoms with Crippen LogP contribution in [0.2, 0.25) is 0 Å². The zero-order valence-corrected chi connectivity index (χ0v) is 12.0. The molecule has 116 valence electrons. The van der Waals surface area contributed by atoms with E-state index in [1.54, 1.807) is 18.3 Å². The van der Waals surface area contributed by atoms with Crippen molar-refractivity contribution in [2.75, 3.05) is 5.73 Å². The molecule has 1 saturated carbocycles. The Balaban J connectivity index is 1.93. The maximum absolute atomic E-state index is 12.2. The van der Waals surface area contributed by atoms with Crippen molar-refractivity contribution in [2.45, 2.75) is 38.2 Å². The van der Waals surface area contributed by atoms with Gasteiger partial charge in [-0.2, -0.15) is 8.78 Å². The second-order valence-corrected chi connectivity index (χ2v) is 5.41. The molecule has 1 heterocycles. The average molecular weight is 305 g/mol. The first-order valence-corrected chi connectivity index (χ1v) is 7.31. The summed E-state index contributed by atoms with van der Waals surface area (Å²) in [6, 6.07) is 6.53. The van der Waals surface area contributed by atoms with E-state index in [1.165, 1.54) is 25.0 Å². The number of benzene rings is 1. The number of alkyl halides is 2. The van der Waals surface area contributed by atoms with Gasteiger partial charge in [0.25, 0.3) is 0 Å². The molecule has 0 aliphatic heterocycles. The highest BCUT2D eigenvalue weighted by Gasteiger charge is 2.22. The Hall–Kier alpha value is -2.24. The summed E-state index contributed by atoms with van der Waals surface area (Å²) >= 11 is 0. The van der Waals surface area contributed by atoms with Crippen LogP contribution in [-0.2, 0) is 0 Å². The highest BCUT2D eigenvalue weighted by Crippen LogP contribution is 2.38. The first-order chi connectivity index (χ1) is 10.6. The third kappa shape index (κ3) is 3.16. The standard InChI is InChI=1S/C16H17F2N3O/c17-15(18)22-12-7-5-10(6-8-12)13-9-20-16(19)21-14(13)11-3-1-2-4-11/h5-9,11,15H,1-4H2,(H2,19,20,21). The van der Waals surface area contributed by atoms with Gasteiger partial charge in [0.15, 0.2) is 0 Å². The zero-order chi connectivity index (χ0) is 15.5. The largest absolute Gasteiger partial charge is 0.435 e. The van der Waals surface area contributed by atoms with Crippen LogP contribution in [0.4, 0.5) is 14.7 Å². The predicted octanol–water partition coefficient (Wildman–Crippen LogP) is 3.98. The van der Waals surface area contributed by atoms with E-state index in [0.29, 0.717) is 5.92 Å². The fraction of sp³-hybridized carbons (Fsp3) is 0.375. The van der Waals surface area contributed by atoms with Crippen molar-refractivity contribution >= 4 is 5.95 Å². The smallest absolute Gasteiger partial charge is 0.387 e. The Kier molecular flexibility index (Phi) is 4.18. The molecule has 1 aromatic heterocycles. The average Bonchev–Trinajstić information content (AvgIpc) is 3.02. The maximum Gasteiger partial charge on any atom is 0.387 e. The molecule has 22 heavy (non-hydrogen) atoms. The molecule has 0 unspecified atom stereocenters. The van der Waals surface area contributed by atoms with Gasteiger partial charge in [0, 0.05) is 17.7 Å². The van der Waals surface area contributed by atoms with Crippen molar-refractivity contribution in [3.8, 4) is 16.9 Å². The van der Waals surface area contributed by atoms with Gasteiger partial charge in [0.2, 0.25) is 5.95 Å². The Morgan fingerprint density at radius 1 is 1.14 bits per heavy atom. The van der Waals surface area contributed by atoms with Gasteiger partial charge in [-0.1, -0.05) is 25.0 Å². The lowest BCUT2D eigenvalue weighted by atomic mass is 9.95. The van der Waals surface area contributed by atoms with Crippen LogP contribution in [0.1, 0.15) is 37.3 Å². The third-order valence-corrected chi connectivity index (χ3v) is 3.97. The Morgan fingerprint density at radius 2 is 1.82 bits per heavy atom. The maximum atomic E-state index is 12.2. The minimum Gasteiger partial charge on any atom is -0.435 e. The molecule has 1 aliphatic rings. The van der Waals surface area contributed by atoms with Crippen molar-refractivity contribution in [1.29, 1.82) is 0 Å². The molecule has 1 aromatic carbocycles. The molecule has 0 saturated heterocycles. The van der Waals surface area contributed by atoms with Crippen molar-refractivity contribution in [3.05, 3.63) is 36.2 Å². The minimum absolute atomic E-state index is 0.137. The van der Waals surface area contributed by atoms with Crippen LogP contribution in [0.15, 0.2) is 30.5 Å². The number of hydrogen-bond donors (Lipinski definition) is 1. The summed E-state index contributed by atoms with van der Waals surface area (Å²) in [5, 5.41) is 0. The van der Waals surface area contributed by atoms with E-state index in [4.69, 9.17) is 5.73 Å². The molecule has 2 aromatic rings. The highest BCUT2D eigenvalue weighted by atomic mass is 19.3. The molecule has 0 atom stereocenters. The second kappa shape index (κ2) is 6.25. The van der Waals surface area contributed by atoms with Crippen molar-refractivity contribution < 1.29 is 13.5 Å². The third-order valence-electron chi connectivity index (χ3n) is 3.97. The monoisotopic (exact) mass is 305 g/mol. The summed E-state index contributed by atoms with van der Waals surface area (Å²) in [6.45, 7) is -2.82. The van der Waals surface area contributed by atoms with Gasteiger partial charge < -0.3 is 10.5 Å². The number of rotatable bonds is 4. The van der Waals surface area contributed by atoms with Crippen molar-refractivity contribution in [1.82, 2.24) is 9.97 Å². The van der Waals surface area contributed by atoms with Crippen LogP contribution < -0.4 is 10.5 Å². The fourth-order valence-electron chi connectivity index (χ4n) is 2.96. The molecular formula is C16H17F2N3O. The van der Waals surface area contributed by atoms with E-state index < -0.39 is 6.61 Å².